The number of hydrogen-bond donors (Lipinski definition) is 2. The molecule has 0 radical (unpaired) electrons. The number of nitrogens with one attached hydrogen (secondary N) is 2. The number of thiophene rings is 1. The van der Waals surface area contributed by atoms with Crippen LogP contribution in [0.3, 0.4) is 0 Å². The Bertz CT molecular complexity index is 873. The van der Waals surface area contributed by atoms with Gasteiger partial charge in [0.05, 0.1) is 20.5 Å². The number of rotatable bonds is 6. The maximum absolute atomic E-state index is 12.5. The van der Waals surface area contributed by atoms with Crippen LogP contribution in [0.25, 0.3) is 0 Å². The lowest BCUT2D eigenvalue weighted by Crippen LogP contribution is -2.24. The molecule has 2 amide bonds. The number of amides is 2. The molecule has 142 valence electrons. The minimum absolute atomic E-state index is 0.0906. The molecule has 0 saturated heterocycles. The fourth-order valence-corrected chi connectivity index (χ4v) is 4.35. The molecule has 27 heavy (non-hydrogen) atoms. The number of carbonyl (C=O) groups is 2. The first-order valence-corrected chi connectivity index (χ1v) is 10.4. The Morgan fingerprint density at radius 2 is 2.00 bits per heavy atom. The fraction of sp³-hybridized carbons (Fsp3) is 0.333. The average molecular weight is 403 g/mol. The number of halogens is 1. The van der Waals surface area contributed by atoms with Crippen LogP contribution in [0.1, 0.15) is 57.7 Å². The number of benzene rings is 1. The van der Waals surface area contributed by atoms with E-state index in [0.29, 0.717) is 27.0 Å². The molecule has 4 nitrogen and oxygen atoms in total. The first-order chi connectivity index (χ1) is 13.0. The summed E-state index contributed by atoms with van der Waals surface area (Å²) in [4.78, 5) is 25.5. The van der Waals surface area contributed by atoms with E-state index in [1.165, 1.54) is 29.8 Å². The molecule has 2 N–H and O–H groups in total. The van der Waals surface area contributed by atoms with Crippen molar-refractivity contribution in [1.29, 1.82) is 0 Å². The third-order valence-corrected chi connectivity index (χ3v) is 6.08. The van der Waals surface area contributed by atoms with Crippen molar-refractivity contribution in [1.82, 2.24) is 5.32 Å². The third-order valence-electron chi connectivity index (χ3n) is 4.60. The molecule has 3 rings (SSSR count). The van der Waals surface area contributed by atoms with E-state index >= 15 is 0 Å². The predicted molar refractivity (Wildman–Crippen MR) is 112 cm³/mol. The number of allylic oxidation sites excluding steroid dienone is 1. The number of anilines is 1. The smallest absolute Gasteiger partial charge is 0.261 e. The van der Waals surface area contributed by atoms with Crippen molar-refractivity contribution < 1.29 is 9.59 Å². The first kappa shape index (κ1) is 19.6. The summed E-state index contributed by atoms with van der Waals surface area (Å²) >= 11 is 7.35. The summed E-state index contributed by atoms with van der Waals surface area (Å²) in [6.45, 7) is 2.52. The fourth-order valence-electron chi connectivity index (χ4n) is 3.14. The minimum Gasteiger partial charge on any atom is -0.351 e. The highest BCUT2D eigenvalue weighted by molar-refractivity contribution is 7.18. The molecular weight excluding hydrogens is 380 g/mol. The molecule has 1 aliphatic rings. The zero-order valence-electron chi connectivity index (χ0n) is 15.3. The Hall–Kier alpha value is -2.11. The molecule has 6 heteroatoms. The van der Waals surface area contributed by atoms with Gasteiger partial charge < -0.3 is 10.6 Å². The topological polar surface area (TPSA) is 58.2 Å². The maximum atomic E-state index is 12.5. The quantitative estimate of drug-likeness (QED) is 0.619. The summed E-state index contributed by atoms with van der Waals surface area (Å²) in [5.41, 5.74) is 2.71. The summed E-state index contributed by atoms with van der Waals surface area (Å²) < 4.78 is 0. The second-order valence-corrected chi connectivity index (χ2v) is 8.13. The van der Waals surface area contributed by atoms with Crippen LogP contribution in [0, 0.1) is 6.92 Å². The number of aryl methyl sites for hydroxylation is 1. The van der Waals surface area contributed by atoms with Crippen LogP contribution in [0.2, 0.25) is 5.02 Å². The normalized spacial score (nSPS) is 13.8. The van der Waals surface area contributed by atoms with Gasteiger partial charge in [0, 0.05) is 6.54 Å². The molecular formula is C21H23ClN2O2S. The third kappa shape index (κ3) is 5.21. The molecule has 1 heterocycles. The van der Waals surface area contributed by atoms with Gasteiger partial charge in [-0.3, -0.25) is 9.59 Å². The Balaban J connectivity index is 1.58. The van der Waals surface area contributed by atoms with Crippen molar-refractivity contribution >= 4 is 39.8 Å². The van der Waals surface area contributed by atoms with Gasteiger partial charge >= 0.3 is 0 Å². The predicted octanol–water partition coefficient (Wildman–Crippen LogP) is 5.58. The highest BCUT2D eigenvalue weighted by atomic mass is 35.5. The van der Waals surface area contributed by atoms with Crippen LogP contribution in [-0.2, 0) is 0 Å². The molecule has 1 aromatic heterocycles. The van der Waals surface area contributed by atoms with Gasteiger partial charge in [-0.05, 0) is 62.8 Å². The number of hydrogen-bond acceptors (Lipinski definition) is 3. The molecule has 0 bridgehead atoms. The van der Waals surface area contributed by atoms with Crippen LogP contribution in [0.5, 0.6) is 0 Å². The largest absolute Gasteiger partial charge is 0.351 e. The minimum atomic E-state index is -0.280. The van der Waals surface area contributed by atoms with Crippen molar-refractivity contribution in [2.45, 2.75) is 39.0 Å². The van der Waals surface area contributed by atoms with Crippen LogP contribution < -0.4 is 10.6 Å². The van der Waals surface area contributed by atoms with Crippen LogP contribution >= 0.6 is 22.9 Å². The van der Waals surface area contributed by atoms with Crippen molar-refractivity contribution in [3.05, 3.63) is 63.0 Å². The van der Waals surface area contributed by atoms with E-state index in [-0.39, 0.29) is 11.8 Å². The highest BCUT2D eigenvalue weighted by Gasteiger charge is 2.16. The van der Waals surface area contributed by atoms with Crippen molar-refractivity contribution in [2.24, 2.45) is 0 Å². The SMILES string of the molecule is Cc1cc(NC(=O)c2ccccc2Cl)sc1C(=O)NCCC1=CCCCC1. The molecule has 0 atom stereocenters. The van der Waals surface area contributed by atoms with Crippen LogP contribution in [-0.4, -0.2) is 18.4 Å². The zero-order chi connectivity index (χ0) is 19.2. The summed E-state index contributed by atoms with van der Waals surface area (Å²) in [6, 6.07) is 8.71. The van der Waals surface area contributed by atoms with Gasteiger partial charge in [0.2, 0.25) is 0 Å². The molecule has 0 saturated carbocycles. The zero-order valence-corrected chi connectivity index (χ0v) is 16.9. The molecule has 1 aliphatic carbocycles. The van der Waals surface area contributed by atoms with E-state index in [1.54, 1.807) is 24.3 Å². The Morgan fingerprint density at radius 1 is 1.19 bits per heavy atom. The first-order valence-electron chi connectivity index (χ1n) is 9.17. The van der Waals surface area contributed by atoms with E-state index in [4.69, 9.17) is 11.6 Å². The van der Waals surface area contributed by atoms with E-state index in [9.17, 15) is 9.59 Å². The molecule has 0 spiro atoms. The van der Waals surface area contributed by atoms with Gasteiger partial charge in [-0.15, -0.1) is 11.3 Å². The van der Waals surface area contributed by atoms with Crippen LogP contribution in [0.15, 0.2) is 42.0 Å². The molecule has 0 aliphatic heterocycles. The standard InChI is InChI=1S/C21H23ClN2O2S/c1-14-13-18(24-20(25)16-9-5-6-10-17(16)22)27-19(14)21(26)23-12-11-15-7-3-2-4-8-15/h5-7,9-10,13H,2-4,8,11-12H2,1H3,(H,23,26)(H,24,25). The lowest BCUT2D eigenvalue weighted by Gasteiger charge is -2.12. The van der Waals surface area contributed by atoms with Gasteiger partial charge in [-0.25, -0.2) is 0 Å². The van der Waals surface area contributed by atoms with E-state index in [1.807, 2.05) is 13.0 Å². The second kappa shape index (κ2) is 9.20. The maximum Gasteiger partial charge on any atom is 0.261 e. The monoisotopic (exact) mass is 402 g/mol. The Morgan fingerprint density at radius 3 is 2.74 bits per heavy atom. The van der Waals surface area contributed by atoms with E-state index in [2.05, 4.69) is 16.7 Å². The molecule has 0 fully saturated rings. The van der Waals surface area contributed by atoms with Crippen molar-refractivity contribution in [2.75, 3.05) is 11.9 Å². The average Bonchev–Trinajstić information content (AvgIpc) is 3.03. The Labute approximate surface area is 168 Å². The Kier molecular flexibility index (Phi) is 6.69. The van der Waals surface area contributed by atoms with Gasteiger partial charge in [-0.1, -0.05) is 35.4 Å². The van der Waals surface area contributed by atoms with Crippen LogP contribution in [0.4, 0.5) is 5.00 Å². The van der Waals surface area contributed by atoms with Gasteiger partial charge in [-0.2, -0.15) is 0 Å². The highest BCUT2D eigenvalue weighted by Crippen LogP contribution is 2.28. The lowest BCUT2D eigenvalue weighted by molar-refractivity contribution is 0.0956. The van der Waals surface area contributed by atoms with Crippen molar-refractivity contribution in [3.63, 3.8) is 0 Å². The lowest BCUT2D eigenvalue weighted by atomic mass is 9.97. The molecule has 2 aromatic rings. The van der Waals surface area contributed by atoms with E-state index in [0.717, 1.165) is 24.8 Å². The van der Waals surface area contributed by atoms with Gasteiger partial charge in [0.15, 0.2) is 0 Å². The summed E-state index contributed by atoms with van der Waals surface area (Å²) in [7, 11) is 0. The number of carbonyl (C=O) groups excluding carboxylic acids is 2. The van der Waals surface area contributed by atoms with Crippen molar-refractivity contribution in [3.8, 4) is 0 Å². The summed E-state index contributed by atoms with van der Waals surface area (Å²) in [6.07, 6.45) is 8.03. The van der Waals surface area contributed by atoms with Gasteiger partial charge in [0.25, 0.3) is 11.8 Å². The van der Waals surface area contributed by atoms with Gasteiger partial charge in [0.1, 0.15) is 0 Å². The molecule has 1 aromatic carbocycles. The summed E-state index contributed by atoms with van der Waals surface area (Å²) in [5, 5.41) is 6.86. The molecule has 0 unspecified atom stereocenters. The van der Waals surface area contributed by atoms with E-state index < -0.39 is 0 Å². The second-order valence-electron chi connectivity index (χ2n) is 6.67. The summed E-state index contributed by atoms with van der Waals surface area (Å²) in [5.74, 6) is -0.370.